The van der Waals surface area contributed by atoms with Gasteiger partial charge in [0.15, 0.2) is 0 Å². The third-order valence-corrected chi connectivity index (χ3v) is 4.58. The molecule has 0 bridgehead atoms. The molecule has 1 N–H and O–H groups in total. The number of alkyl halides is 1. The van der Waals surface area contributed by atoms with Crippen molar-refractivity contribution in [3.8, 4) is 0 Å². The number of halogens is 1. The van der Waals surface area contributed by atoms with Crippen LogP contribution in [0.25, 0.3) is 0 Å². The van der Waals surface area contributed by atoms with Crippen LogP contribution in [-0.2, 0) is 0 Å². The molecule has 0 aliphatic heterocycles. The highest BCUT2D eigenvalue weighted by molar-refractivity contribution is 4.91. The van der Waals surface area contributed by atoms with Crippen molar-refractivity contribution in [1.29, 1.82) is 0 Å². The Bertz CT molecular complexity index is 201. The van der Waals surface area contributed by atoms with Crippen LogP contribution in [0, 0.1) is 11.8 Å². The molecule has 0 amide bonds. The van der Waals surface area contributed by atoms with E-state index >= 15 is 0 Å². The van der Waals surface area contributed by atoms with E-state index in [1.807, 2.05) is 6.92 Å². The van der Waals surface area contributed by atoms with Gasteiger partial charge in [0, 0.05) is 0 Å². The van der Waals surface area contributed by atoms with Crippen molar-refractivity contribution in [2.45, 2.75) is 83.9 Å². The summed E-state index contributed by atoms with van der Waals surface area (Å²) in [6.45, 7) is 6.35. The summed E-state index contributed by atoms with van der Waals surface area (Å²) in [5.74, 6) is 0.691. The Morgan fingerprint density at radius 2 is 1.59 bits per heavy atom. The molecule has 1 aliphatic rings. The van der Waals surface area contributed by atoms with Crippen LogP contribution < -0.4 is 0 Å². The molecule has 1 atom stereocenters. The van der Waals surface area contributed by atoms with Gasteiger partial charge in [-0.05, 0) is 57.3 Å². The fraction of sp³-hybridized carbons (Fsp3) is 1.00. The molecular formula is C15H29FO. The predicted octanol–water partition coefficient (Wildman–Crippen LogP) is 4.48. The zero-order valence-electron chi connectivity index (χ0n) is 11.7. The van der Waals surface area contributed by atoms with E-state index in [2.05, 4.69) is 13.8 Å². The quantitative estimate of drug-likeness (QED) is 0.730. The lowest BCUT2D eigenvalue weighted by Gasteiger charge is -2.42. The maximum atomic E-state index is 13.2. The van der Waals surface area contributed by atoms with Crippen molar-refractivity contribution >= 4 is 0 Å². The maximum absolute atomic E-state index is 13.2. The molecule has 1 saturated carbocycles. The molecule has 1 fully saturated rings. The predicted molar refractivity (Wildman–Crippen MR) is 70.8 cm³/mol. The largest absolute Gasteiger partial charge is 0.390 e. The summed E-state index contributed by atoms with van der Waals surface area (Å²) in [4.78, 5) is 0. The van der Waals surface area contributed by atoms with Crippen LogP contribution >= 0.6 is 0 Å². The van der Waals surface area contributed by atoms with Gasteiger partial charge in [0.25, 0.3) is 0 Å². The van der Waals surface area contributed by atoms with Gasteiger partial charge in [0.05, 0.1) is 5.60 Å². The Balaban J connectivity index is 2.62. The highest BCUT2D eigenvalue weighted by atomic mass is 19.1. The van der Waals surface area contributed by atoms with Crippen molar-refractivity contribution in [3.05, 3.63) is 0 Å². The first kappa shape index (κ1) is 14.9. The second-order valence-corrected chi connectivity index (χ2v) is 5.95. The van der Waals surface area contributed by atoms with Gasteiger partial charge in [0.2, 0.25) is 0 Å². The summed E-state index contributed by atoms with van der Waals surface area (Å²) >= 11 is 0. The van der Waals surface area contributed by atoms with E-state index in [-0.39, 0.29) is 0 Å². The fourth-order valence-corrected chi connectivity index (χ4v) is 3.40. The molecule has 17 heavy (non-hydrogen) atoms. The Hall–Kier alpha value is -0.110. The van der Waals surface area contributed by atoms with E-state index in [4.69, 9.17) is 0 Å². The van der Waals surface area contributed by atoms with Crippen molar-refractivity contribution in [2.24, 2.45) is 11.8 Å². The summed E-state index contributed by atoms with van der Waals surface area (Å²) in [6.07, 6.45) is 6.82. The average Bonchev–Trinajstić information content (AvgIpc) is 2.29. The molecule has 102 valence electrons. The summed E-state index contributed by atoms with van der Waals surface area (Å²) in [7, 11) is 0. The maximum Gasteiger partial charge on any atom is 0.100 e. The van der Waals surface area contributed by atoms with Crippen LogP contribution in [0.3, 0.4) is 0 Å². The van der Waals surface area contributed by atoms with Crippen LogP contribution in [0.15, 0.2) is 0 Å². The molecule has 0 spiro atoms. The van der Waals surface area contributed by atoms with Gasteiger partial charge in [-0.25, -0.2) is 4.39 Å². The van der Waals surface area contributed by atoms with E-state index < -0.39 is 11.8 Å². The molecule has 1 nitrogen and oxygen atoms in total. The first-order valence-electron chi connectivity index (χ1n) is 7.38. The van der Waals surface area contributed by atoms with E-state index in [1.165, 1.54) is 0 Å². The van der Waals surface area contributed by atoms with Crippen LogP contribution in [0.2, 0.25) is 0 Å². The van der Waals surface area contributed by atoms with E-state index in [1.54, 1.807) is 0 Å². The molecule has 1 unspecified atom stereocenters. The first-order chi connectivity index (χ1) is 8.02. The number of rotatable bonds is 6. The smallest absolute Gasteiger partial charge is 0.100 e. The molecule has 0 heterocycles. The molecule has 0 aromatic rings. The van der Waals surface area contributed by atoms with E-state index in [9.17, 15) is 9.50 Å². The third kappa shape index (κ3) is 3.94. The minimum absolute atomic E-state index is 0.303. The number of hydrogen-bond acceptors (Lipinski definition) is 1. The second kappa shape index (κ2) is 6.72. The summed E-state index contributed by atoms with van der Waals surface area (Å²) < 4.78 is 13.2. The average molecular weight is 244 g/mol. The molecule has 0 aromatic heterocycles. The second-order valence-electron chi connectivity index (χ2n) is 5.95. The van der Waals surface area contributed by atoms with Crippen LogP contribution in [0.1, 0.15) is 72.1 Å². The highest BCUT2D eigenvalue weighted by Crippen LogP contribution is 2.40. The molecule has 0 saturated heterocycles. The van der Waals surface area contributed by atoms with E-state index in [0.29, 0.717) is 24.7 Å². The van der Waals surface area contributed by atoms with Gasteiger partial charge in [-0.1, -0.05) is 26.7 Å². The molecule has 0 aromatic carbocycles. The van der Waals surface area contributed by atoms with Gasteiger partial charge in [-0.2, -0.15) is 0 Å². The van der Waals surface area contributed by atoms with Crippen molar-refractivity contribution < 1.29 is 9.50 Å². The Morgan fingerprint density at radius 3 is 2.00 bits per heavy atom. The van der Waals surface area contributed by atoms with Crippen LogP contribution in [0.4, 0.5) is 4.39 Å². The minimum Gasteiger partial charge on any atom is -0.390 e. The normalized spacial score (nSPS) is 29.3. The standard InChI is InChI=1S/C15H29FO/c1-4-6-12(7-5-2)15(3,17)13-8-10-14(16)11-9-13/h12-14,17H,4-11H2,1-3H3. The van der Waals surface area contributed by atoms with E-state index in [0.717, 1.165) is 38.5 Å². The lowest BCUT2D eigenvalue weighted by atomic mass is 9.69. The fourth-order valence-electron chi connectivity index (χ4n) is 3.40. The summed E-state index contributed by atoms with van der Waals surface area (Å²) in [5.41, 5.74) is -0.591. The molecule has 1 rings (SSSR count). The molecular weight excluding hydrogens is 215 g/mol. The van der Waals surface area contributed by atoms with Crippen molar-refractivity contribution in [3.63, 3.8) is 0 Å². The monoisotopic (exact) mass is 244 g/mol. The van der Waals surface area contributed by atoms with Crippen LogP contribution in [0.5, 0.6) is 0 Å². The number of hydrogen-bond donors (Lipinski definition) is 1. The topological polar surface area (TPSA) is 20.2 Å². The summed E-state index contributed by atoms with van der Waals surface area (Å²) in [6, 6.07) is 0. The lowest BCUT2D eigenvalue weighted by Crippen LogP contribution is -2.44. The van der Waals surface area contributed by atoms with Crippen molar-refractivity contribution in [1.82, 2.24) is 0 Å². The Labute approximate surface area is 106 Å². The SMILES string of the molecule is CCCC(CCC)C(C)(O)C1CCC(F)CC1. The van der Waals surface area contributed by atoms with Gasteiger partial charge in [0.1, 0.15) is 6.17 Å². The first-order valence-corrected chi connectivity index (χ1v) is 7.38. The van der Waals surface area contributed by atoms with Gasteiger partial charge >= 0.3 is 0 Å². The Kier molecular flexibility index (Phi) is 5.91. The van der Waals surface area contributed by atoms with Crippen molar-refractivity contribution in [2.75, 3.05) is 0 Å². The lowest BCUT2D eigenvalue weighted by molar-refractivity contribution is -0.0765. The third-order valence-electron chi connectivity index (χ3n) is 4.58. The zero-order chi connectivity index (χ0) is 12.9. The summed E-state index contributed by atoms with van der Waals surface area (Å²) in [5, 5.41) is 10.8. The van der Waals surface area contributed by atoms with Gasteiger partial charge in [-0.3, -0.25) is 0 Å². The zero-order valence-corrected chi connectivity index (χ0v) is 11.7. The minimum atomic E-state index is -0.627. The van der Waals surface area contributed by atoms with Crippen LogP contribution in [-0.4, -0.2) is 16.9 Å². The highest BCUT2D eigenvalue weighted by Gasteiger charge is 2.40. The Morgan fingerprint density at radius 1 is 1.12 bits per heavy atom. The molecule has 2 heteroatoms. The number of aliphatic hydroxyl groups is 1. The molecule has 1 aliphatic carbocycles. The van der Waals surface area contributed by atoms with Gasteiger partial charge < -0.3 is 5.11 Å². The van der Waals surface area contributed by atoms with Gasteiger partial charge in [-0.15, -0.1) is 0 Å². The molecule has 0 radical (unpaired) electrons.